The number of aryl methyl sites for hydroxylation is 2. The standard InChI is InChI=1S/C21H23NO4/c1-13-4-5-17(10-14(13)2)18(23)7-9-21(24)22-15(3)16-6-8-19-20(11-16)26-12-25-19/h4-6,8,10-11,15H,7,9,12H2,1-3H3,(H,22,24). The summed E-state index contributed by atoms with van der Waals surface area (Å²) in [5.41, 5.74) is 3.82. The quantitative estimate of drug-likeness (QED) is 0.801. The van der Waals surface area contributed by atoms with Gasteiger partial charge in [0, 0.05) is 18.4 Å². The Labute approximate surface area is 153 Å². The molecule has 0 fully saturated rings. The van der Waals surface area contributed by atoms with Crippen LogP contribution in [0.25, 0.3) is 0 Å². The predicted molar refractivity (Wildman–Crippen MR) is 98.6 cm³/mol. The zero-order valence-corrected chi connectivity index (χ0v) is 15.3. The molecule has 0 aromatic heterocycles. The molecule has 136 valence electrons. The van der Waals surface area contributed by atoms with Gasteiger partial charge in [0.25, 0.3) is 0 Å². The highest BCUT2D eigenvalue weighted by molar-refractivity contribution is 5.98. The minimum absolute atomic E-state index is 0.0148. The van der Waals surface area contributed by atoms with Crippen LogP contribution in [-0.2, 0) is 4.79 Å². The summed E-state index contributed by atoms with van der Waals surface area (Å²) in [6.45, 7) is 6.11. The molecule has 26 heavy (non-hydrogen) atoms. The van der Waals surface area contributed by atoms with Gasteiger partial charge in [-0.3, -0.25) is 9.59 Å². The Morgan fingerprint density at radius 3 is 2.54 bits per heavy atom. The molecule has 0 saturated heterocycles. The minimum atomic E-state index is -0.172. The highest BCUT2D eigenvalue weighted by Crippen LogP contribution is 2.34. The topological polar surface area (TPSA) is 64.6 Å². The van der Waals surface area contributed by atoms with E-state index in [0.29, 0.717) is 17.1 Å². The zero-order valence-electron chi connectivity index (χ0n) is 15.3. The number of carbonyl (C=O) groups excluding carboxylic acids is 2. The normalized spacial score (nSPS) is 13.3. The van der Waals surface area contributed by atoms with Gasteiger partial charge in [-0.2, -0.15) is 0 Å². The summed E-state index contributed by atoms with van der Waals surface area (Å²) >= 11 is 0. The van der Waals surface area contributed by atoms with Crippen molar-refractivity contribution >= 4 is 11.7 Å². The molecule has 0 saturated carbocycles. The van der Waals surface area contributed by atoms with Crippen LogP contribution in [0.2, 0.25) is 0 Å². The largest absolute Gasteiger partial charge is 0.454 e. The Kier molecular flexibility index (Phi) is 5.26. The lowest BCUT2D eigenvalue weighted by molar-refractivity contribution is -0.121. The molecule has 1 heterocycles. The molecule has 2 aromatic carbocycles. The summed E-state index contributed by atoms with van der Waals surface area (Å²) in [5, 5.41) is 2.93. The van der Waals surface area contributed by atoms with E-state index >= 15 is 0 Å². The van der Waals surface area contributed by atoms with Crippen LogP contribution in [0.1, 0.15) is 52.9 Å². The van der Waals surface area contributed by atoms with Crippen molar-refractivity contribution in [3.05, 3.63) is 58.7 Å². The molecule has 0 aliphatic carbocycles. The van der Waals surface area contributed by atoms with Gasteiger partial charge in [0.1, 0.15) is 0 Å². The van der Waals surface area contributed by atoms with Crippen LogP contribution in [0, 0.1) is 13.8 Å². The van der Waals surface area contributed by atoms with Crippen molar-refractivity contribution in [3.8, 4) is 11.5 Å². The molecule has 5 heteroatoms. The third-order valence-corrected chi connectivity index (χ3v) is 4.68. The van der Waals surface area contributed by atoms with Crippen LogP contribution in [-0.4, -0.2) is 18.5 Å². The van der Waals surface area contributed by atoms with Crippen LogP contribution in [0.5, 0.6) is 11.5 Å². The third-order valence-electron chi connectivity index (χ3n) is 4.68. The number of amides is 1. The first-order valence-corrected chi connectivity index (χ1v) is 8.73. The second kappa shape index (κ2) is 7.60. The maximum absolute atomic E-state index is 12.3. The number of rotatable bonds is 6. The van der Waals surface area contributed by atoms with Gasteiger partial charge in [-0.25, -0.2) is 0 Å². The van der Waals surface area contributed by atoms with Gasteiger partial charge >= 0.3 is 0 Å². The van der Waals surface area contributed by atoms with Crippen LogP contribution >= 0.6 is 0 Å². The molecule has 1 N–H and O–H groups in total. The summed E-state index contributed by atoms with van der Waals surface area (Å²) in [7, 11) is 0. The Hall–Kier alpha value is -2.82. The van der Waals surface area contributed by atoms with E-state index < -0.39 is 0 Å². The van der Waals surface area contributed by atoms with Crippen LogP contribution in [0.15, 0.2) is 36.4 Å². The van der Waals surface area contributed by atoms with Gasteiger partial charge < -0.3 is 14.8 Å². The Bertz CT molecular complexity index is 844. The summed E-state index contributed by atoms with van der Waals surface area (Å²) < 4.78 is 10.7. The Morgan fingerprint density at radius 2 is 1.77 bits per heavy atom. The molecule has 0 bridgehead atoms. The number of ether oxygens (including phenoxy) is 2. The second-order valence-corrected chi connectivity index (χ2v) is 6.62. The van der Waals surface area contributed by atoms with Crippen molar-refractivity contribution in [1.82, 2.24) is 5.32 Å². The number of carbonyl (C=O) groups is 2. The lowest BCUT2D eigenvalue weighted by atomic mass is 10.0. The molecule has 1 unspecified atom stereocenters. The first-order valence-electron chi connectivity index (χ1n) is 8.73. The van der Waals surface area contributed by atoms with E-state index in [-0.39, 0.29) is 37.4 Å². The predicted octanol–water partition coefficient (Wildman–Crippen LogP) is 3.87. The average Bonchev–Trinajstić information content (AvgIpc) is 3.09. The highest BCUT2D eigenvalue weighted by Gasteiger charge is 2.17. The van der Waals surface area contributed by atoms with Gasteiger partial charge in [0.05, 0.1) is 6.04 Å². The number of benzene rings is 2. The third kappa shape index (κ3) is 4.04. The number of ketones is 1. The van der Waals surface area contributed by atoms with Crippen molar-refractivity contribution in [1.29, 1.82) is 0 Å². The maximum atomic E-state index is 12.3. The molecule has 0 radical (unpaired) electrons. The van der Waals surface area contributed by atoms with Crippen molar-refractivity contribution in [2.45, 2.75) is 39.7 Å². The Balaban J connectivity index is 1.53. The number of Topliss-reactive ketones (excluding diaryl/α,β-unsaturated/α-hetero) is 1. The number of fused-ring (bicyclic) bond motifs is 1. The molecule has 1 amide bonds. The molecule has 1 aliphatic heterocycles. The number of hydrogen-bond donors (Lipinski definition) is 1. The fourth-order valence-electron chi connectivity index (χ4n) is 2.87. The van der Waals surface area contributed by atoms with Gasteiger partial charge in [-0.05, 0) is 55.7 Å². The number of nitrogens with one attached hydrogen (secondary N) is 1. The molecular weight excluding hydrogens is 330 g/mol. The molecule has 5 nitrogen and oxygen atoms in total. The smallest absolute Gasteiger partial charge is 0.231 e. The maximum Gasteiger partial charge on any atom is 0.231 e. The van der Waals surface area contributed by atoms with Crippen molar-refractivity contribution < 1.29 is 19.1 Å². The summed E-state index contributed by atoms with van der Waals surface area (Å²) in [6, 6.07) is 11.1. The van der Waals surface area contributed by atoms with E-state index in [9.17, 15) is 9.59 Å². The van der Waals surface area contributed by atoms with Crippen LogP contribution < -0.4 is 14.8 Å². The van der Waals surface area contributed by atoms with Gasteiger partial charge in [0.15, 0.2) is 17.3 Å². The monoisotopic (exact) mass is 353 g/mol. The molecular formula is C21H23NO4. The van der Waals surface area contributed by atoms with Gasteiger partial charge in [0.2, 0.25) is 12.7 Å². The van der Waals surface area contributed by atoms with Gasteiger partial charge in [-0.1, -0.05) is 18.2 Å². The summed E-state index contributed by atoms with van der Waals surface area (Å²) in [5.74, 6) is 1.24. The zero-order chi connectivity index (χ0) is 18.7. The molecule has 2 aromatic rings. The molecule has 1 atom stereocenters. The van der Waals surface area contributed by atoms with E-state index in [0.717, 1.165) is 16.7 Å². The van der Waals surface area contributed by atoms with E-state index in [4.69, 9.17) is 9.47 Å². The SMILES string of the molecule is Cc1ccc(C(=O)CCC(=O)NC(C)c2ccc3c(c2)OCO3)cc1C. The fraction of sp³-hybridized carbons (Fsp3) is 0.333. The number of hydrogen-bond acceptors (Lipinski definition) is 4. The van der Waals surface area contributed by atoms with E-state index in [1.165, 1.54) is 0 Å². The van der Waals surface area contributed by atoms with Crippen molar-refractivity contribution in [3.63, 3.8) is 0 Å². The van der Waals surface area contributed by atoms with Crippen LogP contribution in [0.4, 0.5) is 0 Å². The van der Waals surface area contributed by atoms with Crippen molar-refractivity contribution in [2.24, 2.45) is 0 Å². The average molecular weight is 353 g/mol. The lowest BCUT2D eigenvalue weighted by Crippen LogP contribution is -2.27. The van der Waals surface area contributed by atoms with Gasteiger partial charge in [-0.15, -0.1) is 0 Å². The van der Waals surface area contributed by atoms with Crippen molar-refractivity contribution in [2.75, 3.05) is 6.79 Å². The first-order chi connectivity index (χ1) is 12.4. The fourth-order valence-corrected chi connectivity index (χ4v) is 2.87. The Morgan fingerprint density at radius 1 is 1.00 bits per heavy atom. The van der Waals surface area contributed by atoms with E-state index in [2.05, 4.69) is 5.32 Å². The first kappa shape index (κ1) is 18.0. The summed E-state index contributed by atoms with van der Waals surface area (Å²) in [4.78, 5) is 24.5. The minimum Gasteiger partial charge on any atom is -0.454 e. The molecule has 0 spiro atoms. The second-order valence-electron chi connectivity index (χ2n) is 6.62. The van der Waals surface area contributed by atoms with E-state index in [1.54, 1.807) is 0 Å². The van der Waals surface area contributed by atoms with Crippen LogP contribution in [0.3, 0.4) is 0 Å². The molecule has 3 rings (SSSR count). The lowest BCUT2D eigenvalue weighted by Gasteiger charge is -2.15. The van der Waals surface area contributed by atoms with E-state index in [1.807, 2.05) is 57.2 Å². The molecule has 1 aliphatic rings. The highest BCUT2D eigenvalue weighted by atomic mass is 16.7. The summed E-state index contributed by atoms with van der Waals surface area (Å²) in [6.07, 6.45) is 0.364.